The fraction of sp³-hybridized carbons (Fsp3) is 0.636. The van der Waals surface area contributed by atoms with Crippen LogP contribution in [-0.4, -0.2) is 39.6 Å². The van der Waals surface area contributed by atoms with E-state index in [1.165, 1.54) is 4.68 Å². The van der Waals surface area contributed by atoms with E-state index in [1.54, 1.807) is 13.8 Å². The molecule has 1 heterocycles. The molecule has 0 fully saturated rings. The van der Waals surface area contributed by atoms with Gasteiger partial charge in [0.25, 0.3) is 0 Å². The van der Waals surface area contributed by atoms with Crippen LogP contribution in [-0.2, 0) is 20.8 Å². The van der Waals surface area contributed by atoms with Crippen molar-refractivity contribution in [3.05, 3.63) is 18.0 Å². The molecule has 0 saturated carbocycles. The molecule has 0 N–H and O–H groups in total. The number of rotatable bonds is 7. The second-order valence-corrected chi connectivity index (χ2v) is 3.89. The van der Waals surface area contributed by atoms with Crippen molar-refractivity contribution in [2.45, 2.75) is 33.6 Å². The average molecular weight is 270 g/mol. The first-order valence-corrected chi connectivity index (χ1v) is 5.86. The fourth-order valence-corrected chi connectivity index (χ4v) is 1.25. The minimum Gasteiger partial charge on any atom is -0.435 e. The zero-order valence-electron chi connectivity index (χ0n) is 11.3. The van der Waals surface area contributed by atoms with E-state index in [0.717, 1.165) is 5.57 Å². The third kappa shape index (κ3) is 5.04. The quantitative estimate of drug-likeness (QED) is 0.547. The van der Waals surface area contributed by atoms with Gasteiger partial charge in [0, 0.05) is 0 Å². The number of nitrogens with zero attached hydrogens (tertiary/aromatic N) is 4. The van der Waals surface area contributed by atoms with Gasteiger partial charge >= 0.3 is 6.16 Å². The van der Waals surface area contributed by atoms with Crippen LogP contribution in [0.2, 0.25) is 0 Å². The van der Waals surface area contributed by atoms with Crippen LogP contribution < -0.4 is 0 Å². The molecule has 1 rings (SSSR count). The zero-order chi connectivity index (χ0) is 14.3. The molecule has 8 heteroatoms. The largest absolute Gasteiger partial charge is 0.510 e. The molecule has 0 radical (unpaired) electrons. The first-order valence-electron chi connectivity index (χ1n) is 5.86. The topological polar surface area (TPSA) is 88.4 Å². The Kier molecular flexibility index (Phi) is 5.94. The van der Waals surface area contributed by atoms with Crippen LogP contribution in [0.4, 0.5) is 4.79 Å². The Balaban J connectivity index is 2.55. The lowest BCUT2D eigenvalue weighted by Gasteiger charge is -2.13. The molecule has 1 aromatic rings. The molecule has 8 nitrogen and oxygen atoms in total. The van der Waals surface area contributed by atoms with Gasteiger partial charge in [-0.25, -0.2) is 4.79 Å². The van der Waals surface area contributed by atoms with Gasteiger partial charge in [-0.05, 0) is 31.2 Å². The summed E-state index contributed by atoms with van der Waals surface area (Å²) in [6.45, 7) is 9.77. The predicted molar refractivity (Wildman–Crippen MR) is 65.1 cm³/mol. The molecule has 1 unspecified atom stereocenters. The van der Waals surface area contributed by atoms with Gasteiger partial charge < -0.3 is 14.2 Å². The molecule has 0 amide bonds. The fourth-order valence-electron chi connectivity index (χ4n) is 1.25. The molecule has 0 bridgehead atoms. The first-order chi connectivity index (χ1) is 9.04. The van der Waals surface area contributed by atoms with Crippen molar-refractivity contribution >= 4 is 6.16 Å². The molecule has 0 aliphatic heterocycles. The molecule has 0 aliphatic rings. The van der Waals surface area contributed by atoms with Crippen molar-refractivity contribution in [2.24, 2.45) is 0 Å². The van der Waals surface area contributed by atoms with E-state index < -0.39 is 12.4 Å². The summed E-state index contributed by atoms with van der Waals surface area (Å²) < 4.78 is 16.4. The summed E-state index contributed by atoms with van der Waals surface area (Å²) in [5.41, 5.74) is 0.898. The maximum absolute atomic E-state index is 11.2. The summed E-state index contributed by atoms with van der Waals surface area (Å²) >= 11 is 0. The van der Waals surface area contributed by atoms with Crippen LogP contribution in [0.3, 0.4) is 0 Å². The second-order valence-electron chi connectivity index (χ2n) is 3.89. The van der Waals surface area contributed by atoms with Gasteiger partial charge in [-0.15, -0.1) is 5.10 Å². The molecule has 106 valence electrons. The summed E-state index contributed by atoms with van der Waals surface area (Å²) in [5.74, 6) is 0.457. The minimum atomic E-state index is -0.765. The van der Waals surface area contributed by atoms with E-state index in [2.05, 4.69) is 26.8 Å². The average Bonchev–Trinajstić information content (AvgIpc) is 2.77. The monoisotopic (exact) mass is 270 g/mol. The van der Waals surface area contributed by atoms with Crippen LogP contribution >= 0.6 is 0 Å². The maximum atomic E-state index is 11.2. The molecule has 0 aromatic carbocycles. The first kappa shape index (κ1) is 15.1. The number of hydrogen-bond acceptors (Lipinski definition) is 7. The number of hydrogen-bond donors (Lipinski definition) is 0. The van der Waals surface area contributed by atoms with Crippen molar-refractivity contribution < 1.29 is 19.0 Å². The van der Waals surface area contributed by atoms with Crippen LogP contribution in [0.5, 0.6) is 0 Å². The molecule has 0 aliphatic carbocycles. The van der Waals surface area contributed by atoms with Gasteiger partial charge in [-0.3, -0.25) is 0 Å². The molecular weight excluding hydrogens is 252 g/mol. The Bertz CT molecular complexity index is 432. The summed E-state index contributed by atoms with van der Waals surface area (Å²) in [5, 5.41) is 11.1. The highest BCUT2D eigenvalue weighted by atomic mass is 16.7. The van der Waals surface area contributed by atoms with E-state index in [9.17, 15) is 4.79 Å². The summed E-state index contributed by atoms with van der Waals surface area (Å²) in [7, 11) is 0. The third-order valence-electron chi connectivity index (χ3n) is 2.01. The Hall–Kier alpha value is -1.96. The Morgan fingerprint density at radius 1 is 1.53 bits per heavy atom. The molecular formula is C11H18N4O4. The number of carbonyl (C=O) groups is 1. The van der Waals surface area contributed by atoms with Gasteiger partial charge in [0.2, 0.25) is 0 Å². The predicted octanol–water partition coefficient (Wildman–Crippen LogP) is 1.46. The lowest BCUT2D eigenvalue weighted by Crippen LogP contribution is -2.19. The lowest BCUT2D eigenvalue weighted by atomic mass is 10.4. The van der Waals surface area contributed by atoms with Crippen molar-refractivity contribution in [3.63, 3.8) is 0 Å². The van der Waals surface area contributed by atoms with Gasteiger partial charge in [-0.1, -0.05) is 12.2 Å². The lowest BCUT2D eigenvalue weighted by molar-refractivity contribution is -0.00305. The van der Waals surface area contributed by atoms with E-state index in [1.807, 2.05) is 6.92 Å². The Morgan fingerprint density at radius 3 is 2.89 bits per heavy atom. The summed E-state index contributed by atoms with van der Waals surface area (Å²) in [6.07, 6.45) is -1.43. The summed E-state index contributed by atoms with van der Waals surface area (Å²) in [6, 6.07) is 0. The Labute approximate surface area is 111 Å². The van der Waals surface area contributed by atoms with Gasteiger partial charge in [-0.2, -0.15) is 4.68 Å². The highest BCUT2D eigenvalue weighted by Gasteiger charge is 2.17. The smallest absolute Gasteiger partial charge is 0.435 e. The zero-order valence-corrected chi connectivity index (χ0v) is 11.3. The molecule has 0 spiro atoms. The van der Waals surface area contributed by atoms with E-state index in [0.29, 0.717) is 12.4 Å². The van der Waals surface area contributed by atoms with Gasteiger partial charge in [0.1, 0.15) is 6.61 Å². The molecule has 0 saturated heterocycles. The normalized spacial score (nSPS) is 11.9. The van der Waals surface area contributed by atoms with E-state index >= 15 is 0 Å². The number of aromatic nitrogens is 4. The van der Waals surface area contributed by atoms with E-state index in [4.69, 9.17) is 9.47 Å². The van der Waals surface area contributed by atoms with Crippen molar-refractivity contribution in [2.75, 3.05) is 13.2 Å². The standard InChI is InChI=1S/C11H18N4O4/c1-5-18-11(16)19-9(4)15-10(12-13-14-15)7-17-6-8(2)3/h9H,2,5-7H2,1,3-4H3. The highest BCUT2D eigenvalue weighted by Crippen LogP contribution is 2.10. The van der Waals surface area contributed by atoms with Crippen LogP contribution in [0.1, 0.15) is 32.8 Å². The van der Waals surface area contributed by atoms with Gasteiger partial charge in [0.05, 0.1) is 13.2 Å². The summed E-state index contributed by atoms with van der Waals surface area (Å²) in [4.78, 5) is 11.2. The molecule has 1 aromatic heterocycles. The number of carbonyl (C=O) groups excluding carboxylic acids is 1. The van der Waals surface area contributed by atoms with Crippen molar-refractivity contribution in [1.82, 2.24) is 20.2 Å². The van der Waals surface area contributed by atoms with Crippen LogP contribution in [0, 0.1) is 0 Å². The van der Waals surface area contributed by atoms with Crippen LogP contribution in [0.25, 0.3) is 0 Å². The molecule has 19 heavy (non-hydrogen) atoms. The minimum absolute atomic E-state index is 0.205. The highest BCUT2D eigenvalue weighted by molar-refractivity contribution is 5.59. The number of ether oxygens (including phenoxy) is 3. The second kappa shape index (κ2) is 7.47. The maximum Gasteiger partial charge on any atom is 0.510 e. The van der Waals surface area contributed by atoms with Crippen molar-refractivity contribution in [1.29, 1.82) is 0 Å². The molecule has 1 atom stereocenters. The number of tetrazole rings is 1. The van der Waals surface area contributed by atoms with E-state index in [-0.39, 0.29) is 13.2 Å². The van der Waals surface area contributed by atoms with Gasteiger partial charge in [0.15, 0.2) is 12.1 Å². The third-order valence-corrected chi connectivity index (χ3v) is 2.01. The Morgan fingerprint density at radius 2 is 2.26 bits per heavy atom. The van der Waals surface area contributed by atoms with Crippen molar-refractivity contribution in [3.8, 4) is 0 Å². The SMILES string of the molecule is C=C(C)COCc1nnnn1C(C)OC(=O)OCC. The van der Waals surface area contributed by atoms with Crippen LogP contribution in [0.15, 0.2) is 12.2 Å².